The number of nitrogens with two attached hydrogens (primary N) is 1. The smallest absolute Gasteiger partial charge is 0.158 e. The van der Waals surface area contributed by atoms with Crippen molar-refractivity contribution in [3.05, 3.63) is 71.5 Å². The van der Waals surface area contributed by atoms with Gasteiger partial charge in [0.25, 0.3) is 0 Å². The first-order valence-electron chi connectivity index (χ1n) is 8.69. The summed E-state index contributed by atoms with van der Waals surface area (Å²) in [5.74, 6) is 2.07. The highest BCUT2D eigenvalue weighted by molar-refractivity contribution is 5.56. The number of aromatic nitrogens is 3. The largest absolute Gasteiger partial charge is 0.381 e. The second kappa shape index (κ2) is 7.17. The molecule has 25 heavy (non-hydrogen) atoms. The minimum atomic E-state index is 0.291. The molecule has 128 valence electrons. The van der Waals surface area contributed by atoms with Crippen LogP contribution >= 0.6 is 0 Å². The highest BCUT2D eigenvalue weighted by Gasteiger charge is 2.24. The van der Waals surface area contributed by atoms with Crippen LogP contribution in [0.15, 0.2) is 54.6 Å². The number of ether oxygens (including phenoxy) is 1. The standard InChI is InChI=1S/C20H22N4O/c21-12-15-6-8-17(9-7-15)20-22-19(18-10-11-25-14-18)23-24(20)13-16-4-2-1-3-5-16/h1-9,18H,10-14,21H2/t18-/m0/s1. The van der Waals surface area contributed by atoms with Crippen LogP contribution in [0, 0.1) is 0 Å². The predicted molar refractivity (Wildman–Crippen MR) is 97.1 cm³/mol. The van der Waals surface area contributed by atoms with Crippen molar-refractivity contribution in [2.45, 2.75) is 25.4 Å². The van der Waals surface area contributed by atoms with Gasteiger partial charge in [-0.25, -0.2) is 9.67 Å². The molecule has 5 heteroatoms. The fourth-order valence-corrected chi connectivity index (χ4v) is 3.14. The minimum Gasteiger partial charge on any atom is -0.381 e. The fraction of sp³-hybridized carbons (Fsp3) is 0.300. The Morgan fingerprint density at radius 1 is 1.04 bits per heavy atom. The molecular formula is C20H22N4O. The zero-order valence-corrected chi connectivity index (χ0v) is 14.1. The van der Waals surface area contributed by atoms with Gasteiger partial charge in [0.15, 0.2) is 11.6 Å². The summed E-state index contributed by atoms with van der Waals surface area (Å²) in [6, 6.07) is 18.6. The molecule has 0 amide bonds. The van der Waals surface area contributed by atoms with E-state index < -0.39 is 0 Å². The van der Waals surface area contributed by atoms with Crippen LogP contribution in [-0.2, 0) is 17.8 Å². The Labute approximate surface area is 147 Å². The fourth-order valence-electron chi connectivity index (χ4n) is 3.14. The first-order chi connectivity index (χ1) is 12.3. The number of rotatable bonds is 5. The molecule has 0 radical (unpaired) electrons. The van der Waals surface area contributed by atoms with Gasteiger partial charge in [-0.15, -0.1) is 0 Å². The first-order valence-corrected chi connectivity index (χ1v) is 8.69. The molecule has 0 spiro atoms. The van der Waals surface area contributed by atoms with E-state index in [-0.39, 0.29) is 0 Å². The van der Waals surface area contributed by atoms with Crippen molar-refractivity contribution < 1.29 is 4.74 Å². The van der Waals surface area contributed by atoms with Crippen LogP contribution in [-0.4, -0.2) is 28.0 Å². The maximum absolute atomic E-state index is 5.71. The Hall–Kier alpha value is -2.50. The third kappa shape index (κ3) is 3.48. The molecule has 0 saturated carbocycles. The van der Waals surface area contributed by atoms with Crippen molar-refractivity contribution in [3.63, 3.8) is 0 Å². The van der Waals surface area contributed by atoms with E-state index in [1.807, 2.05) is 22.9 Å². The van der Waals surface area contributed by atoms with Crippen LogP contribution in [0.1, 0.15) is 29.3 Å². The lowest BCUT2D eigenvalue weighted by Gasteiger charge is -2.07. The summed E-state index contributed by atoms with van der Waals surface area (Å²) in [4.78, 5) is 4.85. The predicted octanol–water partition coefficient (Wildman–Crippen LogP) is 2.96. The topological polar surface area (TPSA) is 66.0 Å². The van der Waals surface area contributed by atoms with E-state index in [0.29, 0.717) is 25.6 Å². The number of benzene rings is 2. The first kappa shape index (κ1) is 16.0. The molecule has 0 bridgehead atoms. The third-order valence-corrected chi connectivity index (χ3v) is 4.61. The lowest BCUT2D eigenvalue weighted by Crippen LogP contribution is -2.06. The van der Waals surface area contributed by atoms with Crippen molar-refractivity contribution in [1.82, 2.24) is 14.8 Å². The summed E-state index contributed by atoms with van der Waals surface area (Å²) in [6.45, 7) is 2.75. The zero-order chi connectivity index (χ0) is 17.1. The van der Waals surface area contributed by atoms with Crippen molar-refractivity contribution >= 4 is 0 Å². The average molecular weight is 334 g/mol. The summed E-state index contributed by atoms with van der Waals surface area (Å²) in [6.07, 6.45) is 0.987. The van der Waals surface area contributed by atoms with Crippen LogP contribution in [0.5, 0.6) is 0 Å². The molecule has 0 unspecified atom stereocenters. The van der Waals surface area contributed by atoms with Crippen LogP contribution in [0.3, 0.4) is 0 Å². The quantitative estimate of drug-likeness (QED) is 0.779. The van der Waals surface area contributed by atoms with E-state index in [0.717, 1.165) is 35.8 Å². The van der Waals surface area contributed by atoms with Gasteiger partial charge >= 0.3 is 0 Å². The molecular weight excluding hydrogens is 312 g/mol. The summed E-state index contributed by atoms with van der Waals surface area (Å²) in [5.41, 5.74) is 9.09. The molecule has 1 atom stereocenters. The van der Waals surface area contributed by atoms with E-state index in [9.17, 15) is 0 Å². The Morgan fingerprint density at radius 3 is 2.52 bits per heavy atom. The summed E-state index contributed by atoms with van der Waals surface area (Å²) < 4.78 is 7.51. The van der Waals surface area contributed by atoms with E-state index in [1.165, 1.54) is 5.56 Å². The van der Waals surface area contributed by atoms with Gasteiger partial charge in [-0.3, -0.25) is 0 Å². The molecule has 1 aliphatic heterocycles. The SMILES string of the molecule is NCc1ccc(-c2nc([C@H]3CCOC3)nn2Cc2ccccc2)cc1. The van der Waals surface area contributed by atoms with E-state index in [4.69, 9.17) is 20.6 Å². The highest BCUT2D eigenvalue weighted by atomic mass is 16.5. The molecule has 2 aromatic carbocycles. The molecule has 0 aliphatic carbocycles. The Bertz CT molecular complexity index is 821. The van der Waals surface area contributed by atoms with Gasteiger partial charge < -0.3 is 10.5 Å². The maximum Gasteiger partial charge on any atom is 0.158 e. The molecule has 4 rings (SSSR count). The molecule has 3 aromatic rings. The van der Waals surface area contributed by atoms with Crippen LogP contribution in [0.4, 0.5) is 0 Å². The lowest BCUT2D eigenvalue weighted by atomic mass is 10.1. The number of nitrogens with zero attached hydrogens (tertiary/aromatic N) is 3. The summed E-state index contributed by atoms with van der Waals surface area (Å²) in [7, 11) is 0. The summed E-state index contributed by atoms with van der Waals surface area (Å²) in [5, 5.41) is 4.81. The Balaban J connectivity index is 1.71. The summed E-state index contributed by atoms with van der Waals surface area (Å²) >= 11 is 0. The average Bonchev–Trinajstić information content (AvgIpc) is 3.32. The van der Waals surface area contributed by atoms with Crippen LogP contribution in [0.2, 0.25) is 0 Å². The monoisotopic (exact) mass is 334 g/mol. The van der Waals surface area contributed by atoms with Gasteiger partial charge in [0, 0.05) is 24.6 Å². The van der Waals surface area contributed by atoms with Gasteiger partial charge in [0.05, 0.1) is 13.2 Å². The van der Waals surface area contributed by atoms with Crippen LogP contribution < -0.4 is 5.73 Å². The van der Waals surface area contributed by atoms with Gasteiger partial charge in [-0.2, -0.15) is 5.10 Å². The molecule has 1 aromatic heterocycles. The molecule has 5 nitrogen and oxygen atoms in total. The number of hydrogen-bond donors (Lipinski definition) is 1. The normalized spacial score (nSPS) is 17.1. The molecule has 1 fully saturated rings. The second-order valence-corrected chi connectivity index (χ2v) is 6.40. The van der Waals surface area contributed by atoms with Gasteiger partial charge in [-0.05, 0) is 17.5 Å². The van der Waals surface area contributed by atoms with Crippen molar-refractivity contribution in [1.29, 1.82) is 0 Å². The van der Waals surface area contributed by atoms with Gasteiger partial charge in [0.2, 0.25) is 0 Å². The third-order valence-electron chi connectivity index (χ3n) is 4.61. The second-order valence-electron chi connectivity index (χ2n) is 6.40. The molecule has 1 saturated heterocycles. The Kier molecular flexibility index (Phi) is 4.59. The minimum absolute atomic E-state index is 0.291. The number of hydrogen-bond acceptors (Lipinski definition) is 4. The molecule has 2 heterocycles. The van der Waals surface area contributed by atoms with E-state index in [1.54, 1.807) is 0 Å². The van der Waals surface area contributed by atoms with E-state index in [2.05, 4.69) is 36.4 Å². The van der Waals surface area contributed by atoms with Crippen molar-refractivity contribution in [2.24, 2.45) is 5.73 Å². The van der Waals surface area contributed by atoms with Crippen LogP contribution in [0.25, 0.3) is 11.4 Å². The van der Waals surface area contributed by atoms with E-state index >= 15 is 0 Å². The van der Waals surface area contributed by atoms with Gasteiger partial charge in [-0.1, -0.05) is 54.6 Å². The Morgan fingerprint density at radius 2 is 1.84 bits per heavy atom. The maximum atomic E-state index is 5.71. The molecule has 1 aliphatic rings. The van der Waals surface area contributed by atoms with Crippen molar-refractivity contribution in [2.75, 3.05) is 13.2 Å². The van der Waals surface area contributed by atoms with Crippen molar-refractivity contribution in [3.8, 4) is 11.4 Å². The highest BCUT2D eigenvalue weighted by Crippen LogP contribution is 2.26. The molecule has 2 N–H and O–H groups in total. The lowest BCUT2D eigenvalue weighted by molar-refractivity contribution is 0.193. The zero-order valence-electron chi connectivity index (χ0n) is 14.1. The van der Waals surface area contributed by atoms with Gasteiger partial charge in [0.1, 0.15) is 0 Å².